The molecular weight excluding hydrogens is 304 g/mol. The van der Waals surface area contributed by atoms with Crippen LogP contribution in [-0.2, 0) is 4.74 Å². The lowest BCUT2D eigenvalue weighted by atomic mass is 10.3. The van der Waals surface area contributed by atoms with E-state index in [1.54, 1.807) is 12.1 Å². The van der Waals surface area contributed by atoms with Crippen molar-refractivity contribution in [2.24, 2.45) is 0 Å². The van der Waals surface area contributed by atoms with E-state index in [4.69, 9.17) is 4.74 Å². The fourth-order valence-corrected chi connectivity index (χ4v) is 1.39. The third-order valence-electron chi connectivity index (χ3n) is 1.28. The van der Waals surface area contributed by atoms with Crippen LogP contribution in [0.2, 0.25) is 0 Å². The molecule has 0 N–H and O–H groups in total. The van der Waals surface area contributed by atoms with Gasteiger partial charge in [0, 0.05) is 4.47 Å². The zero-order chi connectivity index (χ0) is 9.84. The summed E-state index contributed by atoms with van der Waals surface area (Å²) in [5.74, 6) is 0.418. The van der Waals surface area contributed by atoms with Crippen LogP contribution in [0.1, 0.15) is 0 Å². The number of carbonyl (C=O) groups excluding carboxylic acids is 1. The van der Waals surface area contributed by atoms with Crippen LogP contribution in [0.4, 0.5) is 4.79 Å². The molecule has 0 aromatic heterocycles. The van der Waals surface area contributed by atoms with Crippen molar-refractivity contribution in [1.29, 1.82) is 0 Å². The van der Waals surface area contributed by atoms with Crippen LogP contribution in [0.3, 0.4) is 0 Å². The Balaban J connectivity index is 2.89. The highest BCUT2D eigenvalue weighted by molar-refractivity contribution is 9.13. The second kappa shape index (κ2) is 4.62. The zero-order valence-electron chi connectivity index (χ0n) is 6.71. The summed E-state index contributed by atoms with van der Waals surface area (Å²) < 4.78 is 10.7. The van der Waals surface area contributed by atoms with E-state index >= 15 is 0 Å². The first kappa shape index (κ1) is 10.5. The van der Waals surface area contributed by atoms with Crippen LogP contribution in [-0.4, -0.2) is 13.3 Å². The Labute approximate surface area is 92.3 Å². The Morgan fingerprint density at radius 2 is 2.08 bits per heavy atom. The Kier molecular flexibility index (Phi) is 3.74. The molecular formula is C8H6Br2O3. The van der Waals surface area contributed by atoms with Gasteiger partial charge in [-0.15, -0.1) is 0 Å². The summed E-state index contributed by atoms with van der Waals surface area (Å²) in [5, 5.41) is 0. The maximum Gasteiger partial charge on any atom is 0.513 e. The van der Waals surface area contributed by atoms with Crippen LogP contribution in [0.25, 0.3) is 0 Å². The second-order valence-corrected chi connectivity index (χ2v) is 3.76. The van der Waals surface area contributed by atoms with E-state index in [1.165, 1.54) is 7.11 Å². The predicted octanol–water partition coefficient (Wildman–Crippen LogP) is 3.36. The smallest absolute Gasteiger partial charge is 0.437 e. The van der Waals surface area contributed by atoms with Gasteiger partial charge in [0.25, 0.3) is 0 Å². The molecule has 13 heavy (non-hydrogen) atoms. The van der Waals surface area contributed by atoms with Crippen molar-refractivity contribution in [2.75, 3.05) is 7.11 Å². The van der Waals surface area contributed by atoms with Crippen molar-refractivity contribution in [2.45, 2.75) is 0 Å². The summed E-state index contributed by atoms with van der Waals surface area (Å²) in [6, 6.07) is 5.24. The van der Waals surface area contributed by atoms with Gasteiger partial charge in [-0.2, -0.15) is 0 Å². The molecule has 0 fully saturated rings. The average Bonchev–Trinajstić information content (AvgIpc) is 2.13. The molecule has 0 spiro atoms. The van der Waals surface area contributed by atoms with Crippen LogP contribution in [0.15, 0.2) is 27.1 Å². The number of methoxy groups -OCH3 is 1. The molecule has 1 aromatic carbocycles. The third-order valence-corrected chi connectivity index (χ3v) is 3.29. The lowest BCUT2D eigenvalue weighted by molar-refractivity contribution is 0.121. The summed E-state index contributed by atoms with van der Waals surface area (Å²) in [4.78, 5) is 10.8. The molecule has 0 heterocycles. The van der Waals surface area contributed by atoms with Gasteiger partial charge in [-0.1, -0.05) is 6.07 Å². The van der Waals surface area contributed by atoms with Gasteiger partial charge >= 0.3 is 6.16 Å². The zero-order valence-corrected chi connectivity index (χ0v) is 9.88. The molecule has 0 atom stereocenters. The average molecular weight is 310 g/mol. The standard InChI is InChI=1S/C8H6Br2O3/c1-12-8(11)13-6-4-2-3-5(9)7(6)10/h2-4H,1H3. The minimum atomic E-state index is -0.737. The summed E-state index contributed by atoms with van der Waals surface area (Å²) >= 11 is 6.54. The number of hydrogen-bond donors (Lipinski definition) is 0. The largest absolute Gasteiger partial charge is 0.513 e. The van der Waals surface area contributed by atoms with Crippen molar-refractivity contribution in [3.8, 4) is 5.75 Å². The van der Waals surface area contributed by atoms with Gasteiger partial charge in [0.2, 0.25) is 0 Å². The molecule has 0 radical (unpaired) electrons. The number of hydrogen-bond acceptors (Lipinski definition) is 3. The summed E-state index contributed by atoms with van der Waals surface area (Å²) in [5.41, 5.74) is 0. The summed E-state index contributed by atoms with van der Waals surface area (Å²) in [6.07, 6.45) is -0.737. The van der Waals surface area contributed by atoms with Crippen molar-refractivity contribution >= 4 is 38.0 Å². The van der Waals surface area contributed by atoms with Crippen LogP contribution in [0, 0.1) is 0 Å². The van der Waals surface area contributed by atoms with Gasteiger partial charge in [0.1, 0.15) is 5.75 Å². The normalized spacial score (nSPS) is 9.46. The van der Waals surface area contributed by atoms with Gasteiger partial charge in [-0.3, -0.25) is 0 Å². The third kappa shape index (κ3) is 2.70. The van der Waals surface area contributed by atoms with E-state index in [2.05, 4.69) is 36.6 Å². The van der Waals surface area contributed by atoms with E-state index in [0.29, 0.717) is 10.2 Å². The Hall–Kier alpha value is -0.550. The monoisotopic (exact) mass is 308 g/mol. The maximum atomic E-state index is 10.8. The summed E-state index contributed by atoms with van der Waals surface area (Å²) in [6.45, 7) is 0. The van der Waals surface area contributed by atoms with E-state index in [0.717, 1.165) is 4.47 Å². The minimum Gasteiger partial charge on any atom is -0.437 e. The molecule has 0 saturated carbocycles. The first-order chi connectivity index (χ1) is 6.15. The first-order valence-electron chi connectivity index (χ1n) is 3.35. The SMILES string of the molecule is COC(=O)Oc1cccc(Br)c1Br. The van der Waals surface area contributed by atoms with Crippen molar-refractivity contribution < 1.29 is 14.3 Å². The fraction of sp³-hybridized carbons (Fsp3) is 0.125. The first-order valence-corrected chi connectivity index (χ1v) is 4.93. The molecule has 0 bridgehead atoms. The molecule has 1 aromatic rings. The predicted molar refractivity (Wildman–Crippen MR) is 54.9 cm³/mol. The Morgan fingerprint density at radius 3 is 2.69 bits per heavy atom. The van der Waals surface area contributed by atoms with E-state index in [1.807, 2.05) is 6.07 Å². The van der Waals surface area contributed by atoms with Crippen molar-refractivity contribution in [3.63, 3.8) is 0 Å². The maximum absolute atomic E-state index is 10.8. The number of rotatable bonds is 1. The molecule has 5 heteroatoms. The quantitative estimate of drug-likeness (QED) is 0.589. The van der Waals surface area contributed by atoms with Gasteiger partial charge in [-0.05, 0) is 44.0 Å². The van der Waals surface area contributed by atoms with Crippen molar-refractivity contribution in [3.05, 3.63) is 27.1 Å². The second-order valence-electron chi connectivity index (χ2n) is 2.11. The lowest BCUT2D eigenvalue weighted by Crippen LogP contribution is -2.07. The van der Waals surface area contributed by atoms with E-state index < -0.39 is 6.16 Å². The number of benzene rings is 1. The van der Waals surface area contributed by atoms with Crippen LogP contribution < -0.4 is 4.74 Å². The molecule has 0 saturated heterocycles. The minimum absolute atomic E-state index is 0.418. The van der Waals surface area contributed by atoms with Gasteiger partial charge in [0.15, 0.2) is 0 Å². The van der Waals surface area contributed by atoms with E-state index in [-0.39, 0.29) is 0 Å². The number of halogens is 2. The summed E-state index contributed by atoms with van der Waals surface area (Å²) in [7, 11) is 1.26. The molecule has 70 valence electrons. The topological polar surface area (TPSA) is 35.5 Å². The molecule has 1 rings (SSSR count). The highest BCUT2D eigenvalue weighted by Gasteiger charge is 2.08. The highest BCUT2D eigenvalue weighted by Crippen LogP contribution is 2.32. The highest BCUT2D eigenvalue weighted by atomic mass is 79.9. The molecule has 0 aliphatic carbocycles. The molecule has 0 amide bonds. The van der Waals surface area contributed by atoms with Crippen LogP contribution >= 0.6 is 31.9 Å². The van der Waals surface area contributed by atoms with Gasteiger partial charge in [-0.25, -0.2) is 4.79 Å². The molecule has 0 unspecified atom stereocenters. The van der Waals surface area contributed by atoms with Gasteiger partial charge in [0.05, 0.1) is 11.6 Å². The molecule has 0 aliphatic heterocycles. The Morgan fingerprint density at radius 1 is 1.38 bits per heavy atom. The fourth-order valence-electron chi connectivity index (χ4n) is 0.694. The van der Waals surface area contributed by atoms with E-state index in [9.17, 15) is 4.79 Å². The molecule has 0 aliphatic rings. The van der Waals surface area contributed by atoms with Crippen molar-refractivity contribution in [1.82, 2.24) is 0 Å². The Bertz CT molecular complexity index is 325. The lowest BCUT2D eigenvalue weighted by Gasteiger charge is -2.05. The number of ether oxygens (including phenoxy) is 2. The molecule has 3 nitrogen and oxygen atoms in total. The number of carbonyl (C=O) groups is 1. The van der Waals surface area contributed by atoms with Crippen LogP contribution in [0.5, 0.6) is 5.75 Å². The van der Waals surface area contributed by atoms with Gasteiger partial charge < -0.3 is 9.47 Å².